The first-order valence-corrected chi connectivity index (χ1v) is 13.0. The summed E-state index contributed by atoms with van der Waals surface area (Å²) in [5.41, 5.74) is 8.05. The highest BCUT2D eigenvalue weighted by atomic mass is 35.5. The van der Waals surface area contributed by atoms with Crippen LogP contribution in [-0.2, 0) is 19.9 Å². The number of methoxy groups -OCH3 is 1. The lowest BCUT2D eigenvalue weighted by atomic mass is 9.68. The highest BCUT2D eigenvalue weighted by Crippen LogP contribution is 2.48. The quantitative estimate of drug-likeness (QED) is 0.434. The van der Waals surface area contributed by atoms with Gasteiger partial charge in [0.2, 0.25) is 5.91 Å². The number of carbonyl (C=O) groups excluding carboxylic acids is 2. The second kappa shape index (κ2) is 11.1. The minimum Gasteiger partial charge on any atom is -0.467 e. The average molecular weight is 535 g/mol. The first-order chi connectivity index (χ1) is 16.8. The maximum atomic E-state index is 13.8. The molecule has 0 radical (unpaired) electrons. The van der Waals surface area contributed by atoms with E-state index in [2.05, 4.69) is 31.4 Å². The Morgan fingerprint density at radius 1 is 1.11 bits per heavy atom. The number of halogens is 2. The van der Waals surface area contributed by atoms with E-state index in [0.29, 0.717) is 16.5 Å². The van der Waals surface area contributed by atoms with Gasteiger partial charge >= 0.3 is 5.97 Å². The molecular weight excluding hydrogens is 497 g/mol. The van der Waals surface area contributed by atoms with E-state index >= 15 is 0 Å². The Hall–Kier alpha value is -2.12. The Morgan fingerprint density at radius 2 is 1.75 bits per heavy atom. The summed E-state index contributed by atoms with van der Waals surface area (Å²) in [4.78, 5) is 26.3. The van der Waals surface area contributed by atoms with Crippen LogP contribution in [0, 0.1) is 11.3 Å². The molecule has 3 rings (SSSR count). The largest absolute Gasteiger partial charge is 0.467 e. The van der Waals surface area contributed by atoms with Gasteiger partial charge in [0.1, 0.15) is 6.04 Å². The van der Waals surface area contributed by atoms with E-state index in [0.717, 1.165) is 11.1 Å². The maximum Gasteiger partial charge on any atom is 0.328 e. The number of rotatable bonds is 7. The zero-order valence-corrected chi connectivity index (χ0v) is 23.3. The van der Waals surface area contributed by atoms with Crippen molar-refractivity contribution in [2.45, 2.75) is 70.6 Å². The molecule has 1 aliphatic heterocycles. The summed E-state index contributed by atoms with van der Waals surface area (Å²) in [5, 5.41) is 7.63. The number of nitrogens with one attached hydrogen (secondary N) is 2. The van der Waals surface area contributed by atoms with Gasteiger partial charge in [-0.25, -0.2) is 4.79 Å². The van der Waals surface area contributed by atoms with E-state index in [4.69, 9.17) is 33.7 Å². The van der Waals surface area contributed by atoms with Gasteiger partial charge in [0, 0.05) is 22.0 Å². The molecule has 0 aromatic heterocycles. The van der Waals surface area contributed by atoms with Crippen molar-refractivity contribution in [2.24, 2.45) is 17.1 Å². The molecule has 0 saturated carbocycles. The molecule has 8 heteroatoms. The summed E-state index contributed by atoms with van der Waals surface area (Å²) >= 11 is 12.6. The lowest BCUT2D eigenvalue weighted by molar-refractivity contribution is -0.146. The fraction of sp³-hybridized carbons (Fsp3) is 0.500. The first-order valence-electron chi connectivity index (χ1n) is 12.2. The standard InChI is InChI=1S/C28H37Cl2N3O3/c1-16(2)23(26(35)36-6)33-25(34)24-22(17-8-7-9-20(30)14-17)28(31,18-10-12-19(29)13-11-18)21(32-24)15-27(3,4)5/h7-14,16,21-24,32H,15,31H2,1-6H3,(H,33,34)/t21-,22-,23-,24+,28+/m0/s1. The molecule has 0 aliphatic carbocycles. The van der Waals surface area contributed by atoms with Crippen LogP contribution in [0.25, 0.3) is 0 Å². The van der Waals surface area contributed by atoms with Crippen molar-refractivity contribution >= 4 is 35.1 Å². The lowest BCUT2D eigenvalue weighted by Gasteiger charge is -2.39. The Bertz CT molecular complexity index is 1080. The zero-order valence-electron chi connectivity index (χ0n) is 21.8. The van der Waals surface area contributed by atoms with E-state index in [-0.39, 0.29) is 23.3 Å². The maximum absolute atomic E-state index is 13.8. The molecule has 1 aliphatic rings. The summed E-state index contributed by atoms with van der Waals surface area (Å²) in [7, 11) is 1.32. The Morgan fingerprint density at radius 3 is 2.28 bits per heavy atom. The topological polar surface area (TPSA) is 93.4 Å². The predicted molar refractivity (Wildman–Crippen MR) is 145 cm³/mol. The van der Waals surface area contributed by atoms with Crippen LogP contribution >= 0.6 is 23.2 Å². The molecule has 1 heterocycles. The van der Waals surface area contributed by atoms with Gasteiger partial charge in [-0.2, -0.15) is 0 Å². The highest BCUT2D eigenvalue weighted by molar-refractivity contribution is 6.30. The molecule has 1 fully saturated rings. The van der Waals surface area contributed by atoms with Crippen LogP contribution < -0.4 is 16.4 Å². The average Bonchev–Trinajstić information content (AvgIpc) is 3.08. The zero-order chi connectivity index (χ0) is 26.8. The molecule has 2 aromatic carbocycles. The molecule has 5 atom stereocenters. The van der Waals surface area contributed by atoms with Gasteiger partial charge in [0.15, 0.2) is 0 Å². The number of esters is 1. The van der Waals surface area contributed by atoms with Gasteiger partial charge in [0.25, 0.3) is 0 Å². The van der Waals surface area contributed by atoms with Gasteiger partial charge in [-0.1, -0.05) is 82.1 Å². The summed E-state index contributed by atoms with van der Waals surface area (Å²) in [6.07, 6.45) is 0.706. The third-order valence-corrected chi connectivity index (χ3v) is 7.36. The normalized spacial score (nSPS) is 25.0. The van der Waals surface area contributed by atoms with Crippen LogP contribution in [0.3, 0.4) is 0 Å². The molecule has 196 valence electrons. The molecule has 6 nitrogen and oxygen atoms in total. The van der Waals surface area contributed by atoms with Gasteiger partial charge < -0.3 is 21.1 Å². The van der Waals surface area contributed by atoms with Crippen LogP contribution in [0.4, 0.5) is 0 Å². The van der Waals surface area contributed by atoms with E-state index in [9.17, 15) is 9.59 Å². The molecule has 2 aromatic rings. The number of amides is 1. The molecule has 36 heavy (non-hydrogen) atoms. The van der Waals surface area contributed by atoms with Gasteiger partial charge in [-0.3, -0.25) is 4.79 Å². The Labute approximate surface area is 224 Å². The fourth-order valence-corrected chi connectivity index (χ4v) is 5.49. The monoisotopic (exact) mass is 533 g/mol. The molecule has 1 amide bonds. The van der Waals surface area contributed by atoms with E-state index in [1.807, 2.05) is 56.3 Å². The summed E-state index contributed by atoms with van der Waals surface area (Å²) < 4.78 is 4.94. The smallest absolute Gasteiger partial charge is 0.328 e. The number of hydrogen-bond donors (Lipinski definition) is 3. The van der Waals surface area contributed by atoms with E-state index < -0.39 is 29.5 Å². The van der Waals surface area contributed by atoms with Crippen LogP contribution in [0.15, 0.2) is 48.5 Å². The molecule has 0 spiro atoms. The first kappa shape index (κ1) is 28.5. The second-order valence-electron chi connectivity index (χ2n) is 11.2. The summed E-state index contributed by atoms with van der Waals surface area (Å²) in [6.45, 7) is 10.2. The van der Waals surface area contributed by atoms with Crippen molar-refractivity contribution in [1.82, 2.24) is 10.6 Å². The Kier molecular flexibility index (Phi) is 8.77. The molecule has 4 N–H and O–H groups in total. The van der Waals surface area contributed by atoms with E-state index in [1.165, 1.54) is 7.11 Å². The van der Waals surface area contributed by atoms with Gasteiger partial charge in [0.05, 0.1) is 18.7 Å². The van der Waals surface area contributed by atoms with Gasteiger partial charge in [-0.15, -0.1) is 0 Å². The van der Waals surface area contributed by atoms with Crippen LogP contribution in [0.1, 0.15) is 58.1 Å². The third kappa shape index (κ3) is 6.05. The minimum atomic E-state index is -0.969. The summed E-state index contributed by atoms with van der Waals surface area (Å²) in [5.74, 6) is -1.44. The molecule has 1 saturated heterocycles. The van der Waals surface area contributed by atoms with Crippen LogP contribution in [-0.4, -0.2) is 37.1 Å². The number of hydrogen-bond acceptors (Lipinski definition) is 5. The number of nitrogens with two attached hydrogens (primary N) is 1. The van der Waals surface area contributed by atoms with Crippen molar-refractivity contribution in [3.05, 3.63) is 69.7 Å². The molecule has 0 unspecified atom stereocenters. The van der Waals surface area contributed by atoms with Crippen molar-refractivity contribution in [3.63, 3.8) is 0 Å². The molecule has 0 bridgehead atoms. The Balaban J connectivity index is 2.16. The fourth-order valence-electron chi connectivity index (χ4n) is 5.17. The SMILES string of the molecule is COC(=O)[C@@H](NC(=O)[C@@H]1N[C@@H](CC(C)(C)C)[C@](N)(c2ccc(Cl)cc2)[C@H]1c1cccc(Cl)c1)C(C)C. The number of benzene rings is 2. The number of ether oxygens (including phenoxy) is 1. The van der Waals surface area contributed by atoms with Crippen molar-refractivity contribution in [3.8, 4) is 0 Å². The van der Waals surface area contributed by atoms with Crippen molar-refractivity contribution in [1.29, 1.82) is 0 Å². The molecular formula is C28H37Cl2N3O3. The highest BCUT2D eigenvalue weighted by Gasteiger charge is 2.57. The second-order valence-corrected chi connectivity index (χ2v) is 12.1. The van der Waals surface area contributed by atoms with Crippen LogP contribution in [0.5, 0.6) is 0 Å². The van der Waals surface area contributed by atoms with Crippen LogP contribution in [0.2, 0.25) is 10.0 Å². The summed E-state index contributed by atoms with van der Waals surface area (Å²) in [6, 6.07) is 13.2. The van der Waals surface area contributed by atoms with Crippen molar-refractivity contribution < 1.29 is 14.3 Å². The number of carbonyl (C=O) groups is 2. The lowest BCUT2D eigenvalue weighted by Crippen LogP contribution is -2.53. The predicted octanol–water partition coefficient (Wildman–Crippen LogP) is 5.02. The van der Waals surface area contributed by atoms with Gasteiger partial charge in [-0.05, 0) is 53.1 Å². The third-order valence-electron chi connectivity index (χ3n) is 6.88. The van der Waals surface area contributed by atoms with Crippen molar-refractivity contribution in [2.75, 3.05) is 7.11 Å². The minimum absolute atomic E-state index is 0.0779. The van der Waals surface area contributed by atoms with E-state index in [1.54, 1.807) is 6.07 Å².